The van der Waals surface area contributed by atoms with Crippen LogP contribution in [0, 0.1) is 0 Å². The van der Waals surface area contributed by atoms with E-state index in [2.05, 4.69) is 34.7 Å². The molecule has 1 amide bonds. The molecule has 0 radical (unpaired) electrons. The molecule has 0 spiro atoms. The van der Waals surface area contributed by atoms with Gasteiger partial charge in [0.05, 0.1) is 18.7 Å². The fraction of sp³-hybridized carbons (Fsp3) is 0.448. The van der Waals surface area contributed by atoms with Gasteiger partial charge in [0.15, 0.2) is 0 Å². The van der Waals surface area contributed by atoms with Crippen molar-refractivity contribution in [2.75, 3.05) is 33.3 Å². The molecule has 7 heteroatoms. The van der Waals surface area contributed by atoms with Gasteiger partial charge in [-0.3, -0.25) is 9.59 Å². The van der Waals surface area contributed by atoms with Crippen molar-refractivity contribution in [1.29, 1.82) is 0 Å². The van der Waals surface area contributed by atoms with Crippen LogP contribution in [0.2, 0.25) is 0 Å². The van der Waals surface area contributed by atoms with Gasteiger partial charge in [-0.1, -0.05) is 54.8 Å². The minimum Gasteiger partial charge on any atom is -0.507 e. The van der Waals surface area contributed by atoms with Crippen LogP contribution in [0.4, 0.5) is 0 Å². The van der Waals surface area contributed by atoms with Crippen molar-refractivity contribution in [3.05, 3.63) is 69.7 Å². The third-order valence-corrected chi connectivity index (χ3v) is 7.09. The second kappa shape index (κ2) is 13.6. The van der Waals surface area contributed by atoms with Gasteiger partial charge in [0, 0.05) is 16.6 Å². The van der Waals surface area contributed by atoms with E-state index >= 15 is 0 Å². The van der Waals surface area contributed by atoms with Gasteiger partial charge < -0.3 is 19.6 Å². The number of benzene rings is 2. The molecule has 2 aromatic rings. The lowest BCUT2D eigenvalue weighted by atomic mass is 9.95. The van der Waals surface area contributed by atoms with Crippen LogP contribution in [0.25, 0.3) is 5.76 Å². The molecule has 6 nitrogen and oxygen atoms in total. The highest BCUT2D eigenvalue weighted by molar-refractivity contribution is 9.10. The predicted octanol–water partition coefficient (Wildman–Crippen LogP) is 6.17. The Morgan fingerprint density at radius 2 is 1.64 bits per heavy atom. The van der Waals surface area contributed by atoms with Crippen molar-refractivity contribution < 1.29 is 19.4 Å². The number of halogens is 1. The van der Waals surface area contributed by atoms with Crippen LogP contribution in [0.15, 0.2) is 58.6 Å². The van der Waals surface area contributed by atoms with Crippen molar-refractivity contribution in [1.82, 2.24) is 9.80 Å². The fourth-order valence-corrected chi connectivity index (χ4v) is 5.02. The zero-order valence-corrected chi connectivity index (χ0v) is 23.1. The molecule has 1 aliphatic rings. The van der Waals surface area contributed by atoms with Crippen molar-refractivity contribution in [3.8, 4) is 5.75 Å². The summed E-state index contributed by atoms with van der Waals surface area (Å²) >= 11 is 3.51. The van der Waals surface area contributed by atoms with E-state index in [1.54, 1.807) is 36.3 Å². The number of amides is 1. The Morgan fingerprint density at radius 1 is 1.00 bits per heavy atom. The average molecular weight is 558 g/mol. The average Bonchev–Trinajstić information content (AvgIpc) is 3.14. The van der Waals surface area contributed by atoms with Crippen LogP contribution in [0.3, 0.4) is 0 Å². The van der Waals surface area contributed by atoms with E-state index in [1.807, 2.05) is 24.3 Å². The quantitative estimate of drug-likeness (QED) is 0.181. The van der Waals surface area contributed by atoms with Gasteiger partial charge in [-0.25, -0.2) is 0 Å². The molecule has 1 saturated heterocycles. The van der Waals surface area contributed by atoms with Gasteiger partial charge in [-0.05, 0) is 80.9 Å². The summed E-state index contributed by atoms with van der Waals surface area (Å²) < 4.78 is 6.06. The monoisotopic (exact) mass is 556 g/mol. The van der Waals surface area contributed by atoms with Gasteiger partial charge in [0.2, 0.25) is 0 Å². The number of unbranched alkanes of at least 4 members (excludes halogenated alkanes) is 2. The first kappa shape index (κ1) is 27.9. The molecule has 1 atom stereocenters. The number of ketones is 1. The number of Topliss-reactive ketones (excluding diaryl/α,β-unsaturated/α-hetero) is 1. The summed E-state index contributed by atoms with van der Waals surface area (Å²) in [6, 6.07) is 13.8. The molecule has 0 bridgehead atoms. The number of aliphatic hydroxyl groups excluding tert-OH is 1. The SMILES string of the molecule is CCCCN(CCCC)CCCN1C(=O)C(=O)C(=C(O)c2ccc(OC)cc2)C1c1cccc(Br)c1. The maximum absolute atomic E-state index is 13.2. The second-order valence-corrected chi connectivity index (χ2v) is 10.1. The lowest BCUT2D eigenvalue weighted by Crippen LogP contribution is -2.34. The highest BCUT2D eigenvalue weighted by Gasteiger charge is 2.45. The van der Waals surface area contributed by atoms with E-state index in [4.69, 9.17) is 4.74 Å². The third-order valence-electron chi connectivity index (χ3n) is 6.60. The fourth-order valence-electron chi connectivity index (χ4n) is 4.60. The zero-order valence-electron chi connectivity index (χ0n) is 21.5. The number of carbonyl (C=O) groups is 2. The Balaban J connectivity index is 1.91. The molecule has 0 aliphatic carbocycles. The summed E-state index contributed by atoms with van der Waals surface area (Å²) in [4.78, 5) is 30.5. The maximum Gasteiger partial charge on any atom is 0.295 e. The Labute approximate surface area is 223 Å². The largest absolute Gasteiger partial charge is 0.507 e. The van der Waals surface area contributed by atoms with Crippen LogP contribution in [-0.4, -0.2) is 59.9 Å². The van der Waals surface area contributed by atoms with Crippen molar-refractivity contribution in [2.45, 2.75) is 52.0 Å². The maximum atomic E-state index is 13.2. The molecule has 0 aromatic heterocycles. The summed E-state index contributed by atoms with van der Waals surface area (Å²) in [5.41, 5.74) is 1.38. The molecule has 1 fully saturated rings. The van der Waals surface area contributed by atoms with Crippen LogP contribution >= 0.6 is 15.9 Å². The molecular formula is C29H37BrN2O4. The van der Waals surface area contributed by atoms with Gasteiger partial charge >= 0.3 is 0 Å². The van der Waals surface area contributed by atoms with E-state index in [-0.39, 0.29) is 11.3 Å². The van der Waals surface area contributed by atoms with E-state index < -0.39 is 17.7 Å². The van der Waals surface area contributed by atoms with Gasteiger partial charge in [0.1, 0.15) is 11.5 Å². The van der Waals surface area contributed by atoms with E-state index in [9.17, 15) is 14.7 Å². The minimum atomic E-state index is -0.651. The van der Waals surface area contributed by atoms with Crippen LogP contribution in [-0.2, 0) is 9.59 Å². The smallest absolute Gasteiger partial charge is 0.295 e. The third kappa shape index (κ3) is 6.77. The van der Waals surface area contributed by atoms with Gasteiger partial charge in [0.25, 0.3) is 11.7 Å². The summed E-state index contributed by atoms with van der Waals surface area (Å²) in [5.74, 6) is -0.743. The van der Waals surface area contributed by atoms with E-state index in [0.29, 0.717) is 17.9 Å². The normalized spacial score (nSPS) is 17.2. The highest BCUT2D eigenvalue weighted by Crippen LogP contribution is 2.40. The summed E-state index contributed by atoms with van der Waals surface area (Å²) in [5, 5.41) is 11.2. The van der Waals surface area contributed by atoms with Crippen molar-refractivity contribution >= 4 is 33.4 Å². The number of rotatable bonds is 13. The lowest BCUT2D eigenvalue weighted by Gasteiger charge is -2.27. The molecule has 2 aromatic carbocycles. The number of nitrogens with zero attached hydrogens (tertiary/aromatic N) is 2. The first-order chi connectivity index (χ1) is 17.4. The number of carbonyl (C=O) groups excluding carboxylic acids is 2. The molecule has 1 aliphatic heterocycles. The minimum absolute atomic E-state index is 0.122. The van der Waals surface area contributed by atoms with E-state index in [1.165, 1.54) is 0 Å². The van der Waals surface area contributed by atoms with E-state index in [0.717, 1.165) is 61.8 Å². The molecule has 1 N–H and O–H groups in total. The standard InChI is InChI=1S/C29H37BrN2O4/c1-4-6-16-31(17-7-5-2)18-9-19-32-26(22-10-8-11-23(30)20-22)25(28(34)29(32)35)27(33)21-12-14-24(36-3)15-13-21/h8,10-15,20,26,33H,4-7,9,16-19H2,1-3H3. The van der Waals surface area contributed by atoms with Gasteiger partial charge in [-0.2, -0.15) is 0 Å². The zero-order chi connectivity index (χ0) is 26.1. The number of aliphatic hydroxyl groups is 1. The molecule has 1 unspecified atom stereocenters. The molecule has 194 valence electrons. The van der Waals surface area contributed by atoms with Crippen LogP contribution in [0.5, 0.6) is 5.75 Å². The summed E-state index contributed by atoms with van der Waals surface area (Å²) in [6.45, 7) is 7.78. The molecule has 1 heterocycles. The molecule has 36 heavy (non-hydrogen) atoms. The number of hydrogen-bond acceptors (Lipinski definition) is 5. The summed E-state index contributed by atoms with van der Waals surface area (Å²) in [6.07, 6.45) is 5.34. The Morgan fingerprint density at radius 3 is 2.22 bits per heavy atom. The Hall–Kier alpha value is -2.64. The predicted molar refractivity (Wildman–Crippen MR) is 147 cm³/mol. The first-order valence-electron chi connectivity index (χ1n) is 12.8. The lowest BCUT2D eigenvalue weighted by molar-refractivity contribution is -0.140. The first-order valence-corrected chi connectivity index (χ1v) is 13.6. The molecule has 3 rings (SSSR count). The van der Waals surface area contributed by atoms with Crippen molar-refractivity contribution in [2.24, 2.45) is 0 Å². The highest BCUT2D eigenvalue weighted by atomic mass is 79.9. The number of likely N-dealkylation sites (tertiary alicyclic amines) is 1. The molecular weight excluding hydrogens is 520 g/mol. The topological polar surface area (TPSA) is 70.1 Å². The van der Waals surface area contributed by atoms with Crippen molar-refractivity contribution in [3.63, 3.8) is 0 Å². The van der Waals surface area contributed by atoms with Gasteiger partial charge in [-0.15, -0.1) is 0 Å². The Bertz CT molecular complexity index is 1060. The second-order valence-electron chi connectivity index (χ2n) is 9.18. The van der Waals surface area contributed by atoms with Crippen LogP contribution in [0.1, 0.15) is 63.1 Å². The number of hydrogen-bond donors (Lipinski definition) is 1. The summed E-state index contributed by atoms with van der Waals surface area (Å²) in [7, 11) is 1.57. The number of ether oxygens (including phenoxy) is 1. The Kier molecular flexibility index (Phi) is 10.6. The van der Waals surface area contributed by atoms with Crippen LogP contribution < -0.4 is 4.74 Å². The number of methoxy groups -OCH3 is 1. The molecule has 0 saturated carbocycles.